The number of aromatic carboxylic acids is 1. The molecular weight excluding hydrogens is 240 g/mol. The van der Waals surface area contributed by atoms with E-state index in [4.69, 9.17) is 5.11 Å². The van der Waals surface area contributed by atoms with Gasteiger partial charge in [0.25, 0.3) is 0 Å². The summed E-state index contributed by atoms with van der Waals surface area (Å²) in [4.78, 5) is 19.1. The number of carboxylic acid groups (broad SMARTS) is 1. The first-order valence-electron chi connectivity index (χ1n) is 6.28. The quantitative estimate of drug-likeness (QED) is 0.911. The molecule has 0 saturated carbocycles. The first kappa shape index (κ1) is 13.2. The normalized spacial score (nSPS) is 12.1. The number of benzene rings is 1. The van der Waals surface area contributed by atoms with Gasteiger partial charge in [-0.05, 0) is 17.9 Å². The Kier molecular flexibility index (Phi) is 3.90. The Balaban J connectivity index is 2.40. The Morgan fingerprint density at radius 2 is 1.84 bits per heavy atom. The second-order valence-electron chi connectivity index (χ2n) is 4.49. The van der Waals surface area contributed by atoms with Gasteiger partial charge in [0, 0.05) is 18.0 Å². The first-order chi connectivity index (χ1) is 9.13. The molecular formula is C15H16N2O2. The van der Waals surface area contributed by atoms with E-state index in [9.17, 15) is 4.79 Å². The molecule has 4 heteroatoms. The van der Waals surface area contributed by atoms with Gasteiger partial charge < -0.3 is 5.11 Å². The van der Waals surface area contributed by atoms with E-state index in [1.54, 1.807) is 0 Å². The standard InChI is InChI=1S/C15H16N2O2/c1-3-10(2)11-4-6-12(7-5-11)13-14(15(18)19)17-9-8-16-13/h4-10H,3H2,1-2H3,(H,18,19). The summed E-state index contributed by atoms with van der Waals surface area (Å²) in [5, 5.41) is 9.11. The minimum absolute atomic E-state index is 0.0150. The summed E-state index contributed by atoms with van der Waals surface area (Å²) in [6.45, 7) is 4.31. The van der Waals surface area contributed by atoms with Crippen LogP contribution in [0.1, 0.15) is 42.2 Å². The second-order valence-corrected chi connectivity index (χ2v) is 4.49. The van der Waals surface area contributed by atoms with Gasteiger partial charge in [0.1, 0.15) is 5.69 Å². The third-order valence-electron chi connectivity index (χ3n) is 3.27. The van der Waals surface area contributed by atoms with E-state index in [0.717, 1.165) is 12.0 Å². The molecule has 0 aliphatic rings. The lowest BCUT2D eigenvalue weighted by atomic mass is 9.97. The molecule has 0 fully saturated rings. The van der Waals surface area contributed by atoms with Gasteiger partial charge in [-0.25, -0.2) is 9.78 Å². The van der Waals surface area contributed by atoms with Gasteiger partial charge in [0.05, 0.1) is 0 Å². The van der Waals surface area contributed by atoms with Crippen molar-refractivity contribution < 1.29 is 9.90 Å². The maximum Gasteiger partial charge on any atom is 0.356 e. The van der Waals surface area contributed by atoms with Crippen molar-refractivity contribution in [2.24, 2.45) is 0 Å². The molecule has 98 valence electrons. The van der Waals surface area contributed by atoms with Crippen LogP contribution in [0.2, 0.25) is 0 Å². The molecule has 1 N–H and O–H groups in total. The fraction of sp³-hybridized carbons (Fsp3) is 0.267. The SMILES string of the molecule is CCC(C)c1ccc(-c2nccnc2C(=O)O)cc1. The lowest BCUT2D eigenvalue weighted by Crippen LogP contribution is -2.04. The van der Waals surface area contributed by atoms with Crippen LogP contribution < -0.4 is 0 Å². The van der Waals surface area contributed by atoms with Crippen LogP contribution in [-0.2, 0) is 0 Å². The van der Waals surface area contributed by atoms with E-state index in [1.165, 1.54) is 18.0 Å². The van der Waals surface area contributed by atoms with Crippen LogP contribution in [0, 0.1) is 0 Å². The Morgan fingerprint density at radius 1 is 1.21 bits per heavy atom. The summed E-state index contributed by atoms with van der Waals surface area (Å²) in [6, 6.07) is 7.84. The van der Waals surface area contributed by atoms with Crippen LogP contribution in [0.4, 0.5) is 0 Å². The molecule has 4 nitrogen and oxygen atoms in total. The molecule has 1 aromatic heterocycles. The molecule has 0 aliphatic heterocycles. The van der Waals surface area contributed by atoms with Gasteiger partial charge in [-0.2, -0.15) is 0 Å². The van der Waals surface area contributed by atoms with Crippen LogP contribution >= 0.6 is 0 Å². The van der Waals surface area contributed by atoms with Gasteiger partial charge >= 0.3 is 5.97 Å². The molecule has 19 heavy (non-hydrogen) atoms. The number of aromatic nitrogens is 2. The second kappa shape index (κ2) is 5.61. The molecule has 2 aromatic rings. The number of hydrogen-bond acceptors (Lipinski definition) is 3. The van der Waals surface area contributed by atoms with Crippen molar-refractivity contribution in [3.8, 4) is 11.3 Å². The van der Waals surface area contributed by atoms with Gasteiger partial charge in [-0.1, -0.05) is 38.1 Å². The van der Waals surface area contributed by atoms with Crippen molar-refractivity contribution in [2.45, 2.75) is 26.2 Å². The summed E-state index contributed by atoms with van der Waals surface area (Å²) in [7, 11) is 0. The Morgan fingerprint density at radius 3 is 2.42 bits per heavy atom. The molecule has 0 amide bonds. The maximum atomic E-state index is 11.1. The van der Waals surface area contributed by atoms with E-state index in [1.807, 2.05) is 24.3 Å². The predicted molar refractivity (Wildman–Crippen MR) is 73.1 cm³/mol. The first-order valence-corrected chi connectivity index (χ1v) is 6.28. The van der Waals surface area contributed by atoms with Crippen molar-refractivity contribution in [3.05, 3.63) is 47.9 Å². The van der Waals surface area contributed by atoms with E-state index in [0.29, 0.717) is 11.6 Å². The summed E-state index contributed by atoms with van der Waals surface area (Å²) < 4.78 is 0. The number of rotatable bonds is 4. The molecule has 1 aromatic carbocycles. The van der Waals surface area contributed by atoms with E-state index < -0.39 is 5.97 Å². The fourth-order valence-corrected chi connectivity index (χ4v) is 1.91. The predicted octanol–water partition coefficient (Wildman–Crippen LogP) is 3.36. The molecule has 1 unspecified atom stereocenters. The van der Waals surface area contributed by atoms with Crippen LogP contribution in [-0.4, -0.2) is 21.0 Å². The van der Waals surface area contributed by atoms with Crippen LogP contribution in [0.5, 0.6) is 0 Å². The lowest BCUT2D eigenvalue weighted by molar-refractivity contribution is 0.0691. The molecule has 0 bridgehead atoms. The third kappa shape index (κ3) is 2.78. The Bertz CT molecular complexity index is 579. The zero-order valence-corrected chi connectivity index (χ0v) is 11.0. The average molecular weight is 256 g/mol. The van der Waals surface area contributed by atoms with Crippen molar-refractivity contribution in [2.75, 3.05) is 0 Å². The molecule has 2 rings (SSSR count). The summed E-state index contributed by atoms with van der Waals surface area (Å²) in [5.74, 6) is -0.566. The number of carbonyl (C=O) groups is 1. The van der Waals surface area contributed by atoms with Crippen LogP contribution in [0.25, 0.3) is 11.3 Å². The van der Waals surface area contributed by atoms with Crippen molar-refractivity contribution in [1.82, 2.24) is 9.97 Å². The van der Waals surface area contributed by atoms with E-state index >= 15 is 0 Å². The van der Waals surface area contributed by atoms with E-state index in [-0.39, 0.29) is 5.69 Å². The zero-order valence-electron chi connectivity index (χ0n) is 11.0. The minimum Gasteiger partial charge on any atom is -0.476 e. The highest BCUT2D eigenvalue weighted by Gasteiger charge is 2.14. The van der Waals surface area contributed by atoms with E-state index in [2.05, 4.69) is 23.8 Å². The van der Waals surface area contributed by atoms with Crippen molar-refractivity contribution in [1.29, 1.82) is 0 Å². The molecule has 0 spiro atoms. The fourth-order valence-electron chi connectivity index (χ4n) is 1.91. The molecule has 0 aliphatic carbocycles. The highest BCUT2D eigenvalue weighted by molar-refractivity contribution is 5.92. The summed E-state index contributed by atoms with van der Waals surface area (Å²) in [6.07, 6.45) is 3.97. The molecule has 1 heterocycles. The topological polar surface area (TPSA) is 63.1 Å². The molecule has 0 saturated heterocycles. The van der Waals surface area contributed by atoms with Crippen LogP contribution in [0.3, 0.4) is 0 Å². The Labute approximate surface area is 112 Å². The van der Waals surface area contributed by atoms with Crippen LogP contribution in [0.15, 0.2) is 36.7 Å². The minimum atomic E-state index is -1.06. The monoisotopic (exact) mass is 256 g/mol. The highest BCUT2D eigenvalue weighted by Crippen LogP contribution is 2.24. The molecule has 1 atom stereocenters. The van der Waals surface area contributed by atoms with Crippen molar-refractivity contribution >= 4 is 5.97 Å². The summed E-state index contributed by atoms with van der Waals surface area (Å²) >= 11 is 0. The van der Waals surface area contributed by atoms with Gasteiger partial charge in [-0.3, -0.25) is 4.98 Å². The number of hydrogen-bond donors (Lipinski definition) is 1. The average Bonchev–Trinajstić information content (AvgIpc) is 2.46. The maximum absolute atomic E-state index is 11.1. The van der Waals surface area contributed by atoms with Gasteiger partial charge in [0.15, 0.2) is 5.69 Å². The summed E-state index contributed by atoms with van der Waals surface area (Å²) in [5.41, 5.74) is 2.41. The van der Waals surface area contributed by atoms with Gasteiger partial charge in [-0.15, -0.1) is 0 Å². The van der Waals surface area contributed by atoms with Gasteiger partial charge in [0.2, 0.25) is 0 Å². The smallest absolute Gasteiger partial charge is 0.356 e. The Hall–Kier alpha value is -2.23. The highest BCUT2D eigenvalue weighted by atomic mass is 16.4. The molecule has 0 radical (unpaired) electrons. The van der Waals surface area contributed by atoms with Crippen molar-refractivity contribution in [3.63, 3.8) is 0 Å². The largest absolute Gasteiger partial charge is 0.476 e. The lowest BCUT2D eigenvalue weighted by Gasteiger charge is -2.10. The number of carboxylic acids is 1. The number of nitrogens with zero attached hydrogens (tertiary/aromatic N) is 2. The third-order valence-corrected chi connectivity index (χ3v) is 3.27. The zero-order chi connectivity index (χ0) is 13.8.